The number of nitrogens with zero attached hydrogens (tertiary/aromatic N) is 4. The number of hydrogen-bond donors (Lipinski definition) is 0. The highest BCUT2D eigenvalue weighted by Crippen LogP contribution is 2.43. The van der Waals surface area contributed by atoms with E-state index < -0.39 is 0 Å². The van der Waals surface area contributed by atoms with E-state index >= 15 is 0 Å². The standard InChI is InChI=1S/C40H22N4/c1-42-38-23-30(17-19-44-38)28-5-3-7-32(21-28)35-13-9-26-10-14-36-34(12-8-25-11-15-37(35)40(26)39(25)36)31-6-2-4-27(20-31)29-16-18-43-33(22-29)24-41/h2-23H. The molecule has 6 aromatic carbocycles. The van der Waals surface area contributed by atoms with Gasteiger partial charge in [0.25, 0.3) is 5.82 Å². The van der Waals surface area contributed by atoms with Crippen LogP contribution in [0.25, 0.3) is 81.7 Å². The molecule has 0 amide bonds. The van der Waals surface area contributed by atoms with Crippen LogP contribution in [0.2, 0.25) is 0 Å². The Morgan fingerprint density at radius 1 is 0.523 bits per heavy atom. The minimum absolute atomic E-state index is 0.393. The maximum Gasteiger partial charge on any atom is 0.270 e. The summed E-state index contributed by atoms with van der Waals surface area (Å²) in [6, 6.07) is 44.5. The van der Waals surface area contributed by atoms with Gasteiger partial charge >= 0.3 is 0 Å². The van der Waals surface area contributed by atoms with E-state index in [1.54, 1.807) is 12.4 Å². The van der Waals surface area contributed by atoms with Gasteiger partial charge in [-0.15, -0.1) is 4.98 Å². The predicted molar refractivity (Wildman–Crippen MR) is 178 cm³/mol. The van der Waals surface area contributed by atoms with Gasteiger partial charge in [-0.05, 0) is 113 Å². The van der Waals surface area contributed by atoms with Crippen molar-refractivity contribution in [2.24, 2.45) is 0 Å². The summed E-state index contributed by atoms with van der Waals surface area (Å²) in [5.74, 6) is 0.393. The topological polar surface area (TPSA) is 53.9 Å². The quantitative estimate of drug-likeness (QED) is 0.159. The second-order valence-electron chi connectivity index (χ2n) is 10.9. The third-order valence-electron chi connectivity index (χ3n) is 8.41. The van der Waals surface area contributed by atoms with Gasteiger partial charge in [0.15, 0.2) is 0 Å². The summed E-state index contributed by atoms with van der Waals surface area (Å²) in [4.78, 5) is 11.8. The highest BCUT2D eigenvalue weighted by molar-refractivity contribution is 6.27. The van der Waals surface area contributed by atoms with Crippen molar-refractivity contribution in [2.45, 2.75) is 0 Å². The van der Waals surface area contributed by atoms with Gasteiger partial charge < -0.3 is 4.85 Å². The Morgan fingerprint density at radius 3 is 1.59 bits per heavy atom. The van der Waals surface area contributed by atoms with Crippen LogP contribution in [0.3, 0.4) is 0 Å². The molecule has 2 aromatic heterocycles. The van der Waals surface area contributed by atoms with Crippen molar-refractivity contribution in [3.63, 3.8) is 0 Å². The lowest BCUT2D eigenvalue weighted by Gasteiger charge is -2.17. The summed E-state index contributed by atoms with van der Waals surface area (Å²) < 4.78 is 0. The number of benzene rings is 6. The first-order valence-electron chi connectivity index (χ1n) is 14.3. The van der Waals surface area contributed by atoms with Gasteiger partial charge in [-0.3, -0.25) is 0 Å². The van der Waals surface area contributed by atoms with E-state index in [9.17, 15) is 5.26 Å². The van der Waals surface area contributed by atoms with Crippen LogP contribution in [-0.4, -0.2) is 9.97 Å². The Bertz CT molecular complexity index is 2300. The van der Waals surface area contributed by atoms with E-state index in [1.807, 2.05) is 24.3 Å². The molecule has 2 heterocycles. The first-order valence-corrected chi connectivity index (χ1v) is 14.3. The molecule has 0 aliphatic heterocycles. The lowest BCUT2D eigenvalue weighted by atomic mass is 9.86. The summed E-state index contributed by atoms with van der Waals surface area (Å²) >= 11 is 0. The molecule has 0 N–H and O–H groups in total. The molecule has 0 aliphatic carbocycles. The lowest BCUT2D eigenvalue weighted by Crippen LogP contribution is -1.90. The Morgan fingerprint density at radius 2 is 1.02 bits per heavy atom. The summed E-state index contributed by atoms with van der Waals surface area (Å²) in [6.07, 6.45) is 3.38. The SMILES string of the molecule is [C-]#[N+]c1cc(-c2cccc(-c3ccc4ccc5c(-c6cccc(-c7ccnc(C#N)c7)c6)ccc6ccc3c4c65)c2)ccn1. The molecule has 0 saturated heterocycles. The van der Waals surface area contributed by atoms with Crippen LogP contribution in [-0.2, 0) is 0 Å². The zero-order chi connectivity index (χ0) is 29.6. The minimum Gasteiger partial charge on any atom is -0.361 e. The third-order valence-corrected chi connectivity index (χ3v) is 8.41. The Kier molecular flexibility index (Phi) is 5.86. The first-order chi connectivity index (χ1) is 21.7. The number of nitriles is 1. The molecule has 0 spiro atoms. The Labute approximate surface area is 254 Å². The van der Waals surface area contributed by atoms with Crippen LogP contribution in [0, 0.1) is 17.9 Å². The van der Waals surface area contributed by atoms with E-state index in [4.69, 9.17) is 6.57 Å². The number of aromatic nitrogens is 2. The van der Waals surface area contributed by atoms with Crippen molar-refractivity contribution < 1.29 is 0 Å². The molecule has 202 valence electrons. The van der Waals surface area contributed by atoms with E-state index in [0.29, 0.717) is 11.5 Å². The molecule has 0 saturated carbocycles. The van der Waals surface area contributed by atoms with Crippen molar-refractivity contribution >= 4 is 38.1 Å². The van der Waals surface area contributed by atoms with Crippen molar-refractivity contribution in [3.05, 3.63) is 151 Å². The average molecular weight is 559 g/mol. The zero-order valence-electron chi connectivity index (χ0n) is 23.5. The first kappa shape index (κ1) is 25.4. The molecule has 4 nitrogen and oxygen atoms in total. The van der Waals surface area contributed by atoms with Crippen LogP contribution < -0.4 is 0 Å². The Balaban J connectivity index is 1.30. The molecule has 0 fully saturated rings. The molecule has 8 rings (SSSR count). The number of hydrogen-bond acceptors (Lipinski definition) is 3. The summed E-state index contributed by atoms with van der Waals surface area (Å²) in [7, 11) is 0. The summed E-state index contributed by atoms with van der Waals surface area (Å²) in [5.41, 5.74) is 9.06. The zero-order valence-corrected chi connectivity index (χ0v) is 23.5. The molecule has 0 atom stereocenters. The van der Waals surface area contributed by atoms with Crippen LogP contribution >= 0.6 is 0 Å². The van der Waals surface area contributed by atoms with Crippen LogP contribution in [0.4, 0.5) is 5.82 Å². The third kappa shape index (κ3) is 4.14. The second kappa shape index (κ2) is 10.2. The maximum absolute atomic E-state index is 9.35. The number of rotatable bonds is 4. The minimum atomic E-state index is 0.393. The van der Waals surface area contributed by atoms with Crippen molar-refractivity contribution in [3.8, 4) is 50.6 Å². The van der Waals surface area contributed by atoms with Gasteiger partial charge in [0.2, 0.25) is 0 Å². The molecule has 8 aromatic rings. The van der Waals surface area contributed by atoms with Gasteiger partial charge in [-0.25, -0.2) is 4.98 Å². The lowest BCUT2D eigenvalue weighted by molar-refractivity contribution is 1.26. The number of pyridine rings is 2. The van der Waals surface area contributed by atoms with E-state index in [-0.39, 0.29) is 0 Å². The Hall–Kier alpha value is -6.36. The molecule has 0 unspecified atom stereocenters. The van der Waals surface area contributed by atoms with Gasteiger partial charge in [0, 0.05) is 6.20 Å². The van der Waals surface area contributed by atoms with Crippen LogP contribution in [0.15, 0.2) is 134 Å². The summed E-state index contributed by atoms with van der Waals surface area (Å²) in [6.45, 7) is 7.36. The molecular weight excluding hydrogens is 536 g/mol. The largest absolute Gasteiger partial charge is 0.361 e. The van der Waals surface area contributed by atoms with E-state index in [1.165, 1.54) is 43.4 Å². The van der Waals surface area contributed by atoms with Gasteiger partial charge in [-0.2, -0.15) is 5.26 Å². The van der Waals surface area contributed by atoms with Gasteiger partial charge in [-0.1, -0.05) is 91.5 Å². The van der Waals surface area contributed by atoms with E-state index in [2.05, 4.69) is 118 Å². The van der Waals surface area contributed by atoms with Crippen molar-refractivity contribution in [2.75, 3.05) is 0 Å². The molecule has 0 bridgehead atoms. The smallest absolute Gasteiger partial charge is 0.270 e. The second-order valence-corrected chi connectivity index (χ2v) is 10.9. The highest BCUT2D eigenvalue weighted by Gasteiger charge is 2.16. The summed E-state index contributed by atoms with van der Waals surface area (Å²) in [5, 5.41) is 16.7. The maximum atomic E-state index is 9.35. The van der Waals surface area contributed by atoms with Crippen molar-refractivity contribution in [1.29, 1.82) is 5.26 Å². The molecule has 44 heavy (non-hydrogen) atoms. The van der Waals surface area contributed by atoms with Crippen LogP contribution in [0.5, 0.6) is 0 Å². The molecule has 0 radical (unpaired) electrons. The van der Waals surface area contributed by atoms with Gasteiger partial charge in [0.1, 0.15) is 18.0 Å². The van der Waals surface area contributed by atoms with Gasteiger partial charge in [0.05, 0.1) is 0 Å². The monoisotopic (exact) mass is 558 g/mol. The predicted octanol–water partition coefficient (Wildman–Crippen LogP) is 10.5. The van der Waals surface area contributed by atoms with Crippen molar-refractivity contribution in [1.82, 2.24) is 9.97 Å². The fourth-order valence-corrected chi connectivity index (χ4v) is 6.37. The normalized spacial score (nSPS) is 11.1. The van der Waals surface area contributed by atoms with Crippen LogP contribution in [0.1, 0.15) is 5.69 Å². The molecule has 4 heteroatoms. The molecular formula is C40H22N4. The molecule has 0 aliphatic rings. The fourth-order valence-electron chi connectivity index (χ4n) is 6.37. The van der Waals surface area contributed by atoms with E-state index in [0.717, 1.165) is 33.4 Å². The fraction of sp³-hybridized carbons (Fsp3) is 0. The highest BCUT2D eigenvalue weighted by atomic mass is 14.8. The average Bonchev–Trinajstić information content (AvgIpc) is 3.10.